The maximum atomic E-state index is 13.0. The summed E-state index contributed by atoms with van der Waals surface area (Å²) >= 11 is 0. The van der Waals surface area contributed by atoms with Crippen LogP contribution in [0, 0.1) is 22.7 Å². The molecule has 0 heterocycles. The number of allylic oxidation sites excluding steroid dienone is 2. The summed E-state index contributed by atoms with van der Waals surface area (Å²) in [5.41, 5.74) is 0.704. The van der Waals surface area contributed by atoms with Gasteiger partial charge >= 0.3 is 11.9 Å². The zero-order chi connectivity index (χ0) is 17.7. The van der Waals surface area contributed by atoms with Crippen molar-refractivity contribution in [1.82, 2.24) is 0 Å². The highest BCUT2D eigenvalue weighted by atomic mass is 16.6. The molecule has 0 aromatic rings. The lowest BCUT2D eigenvalue weighted by Crippen LogP contribution is -2.55. The van der Waals surface area contributed by atoms with Gasteiger partial charge in [0.05, 0.1) is 23.0 Å². The van der Waals surface area contributed by atoms with Crippen molar-refractivity contribution in [3.63, 3.8) is 0 Å². The Labute approximate surface area is 139 Å². The van der Waals surface area contributed by atoms with Gasteiger partial charge in [0, 0.05) is 0 Å². The molecule has 2 aliphatic carbocycles. The van der Waals surface area contributed by atoms with E-state index in [1.165, 1.54) is 11.1 Å². The molecule has 4 heteroatoms. The monoisotopic (exact) mass is 322 g/mol. The van der Waals surface area contributed by atoms with E-state index in [1.54, 1.807) is 0 Å². The van der Waals surface area contributed by atoms with Gasteiger partial charge in [0.2, 0.25) is 0 Å². The minimum Gasteiger partial charge on any atom is -0.463 e. The number of fused-ring (bicyclic) bond motifs is 2. The summed E-state index contributed by atoms with van der Waals surface area (Å²) in [6, 6.07) is 0. The lowest BCUT2D eigenvalue weighted by Gasteiger charge is -2.46. The Morgan fingerprint density at radius 1 is 0.870 bits per heavy atom. The summed E-state index contributed by atoms with van der Waals surface area (Å²) in [7, 11) is 0. The Bertz CT molecular complexity index is 512. The van der Waals surface area contributed by atoms with Crippen molar-refractivity contribution in [3.8, 4) is 0 Å². The van der Waals surface area contributed by atoms with E-state index >= 15 is 0 Å². The molecule has 0 N–H and O–H groups in total. The minimum absolute atomic E-state index is 0.0449. The number of carbonyl (C=O) groups is 2. The van der Waals surface area contributed by atoms with Crippen LogP contribution in [0.5, 0.6) is 0 Å². The van der Waals surface area contributed by atoms with Gasteiger partial charge in [-0.05, 0) is 73.6 Å². The molecule has 2 bridgehead atoms. The van der Waals surface area contributed by atoms with Gasteiger partial charge in [-0.3, -0.25) is 9.59 Å². The van der Waals surface area contributed by atoms with Gasteiger partial charge in [0.15, 0.2) is 0 Å². The van der Waals surface area contributed by atoms with E-state index in [1.807, 2.05) is 41.5 Å². The fraction of sp³-hybridized carbons (Fsp3) is 0.789. The molecule has 4 atom stereocenters. The number of rotatable bonds is 4. The van der Waals surface area contributed by atoms with E-state index in [2.05, 4.69) is 13.8 Å². The second kappa shape index (κ2) is 5.64. The molecule has 2 rings (SSSR count). The molecule has 2 unspecified atom stereocenters. The first kappa shape index (κ1) is 18.0. The Kier molecular flexibility index (Phi) is 4.42. The summed E-state index contributed by atoms with van der Waals surface area (Å²) in [6.07, 6.45) is 0.425. The molecule has 0 saturated heterocycles. The maximum absolute atomic E-state index is 13.0. The van der Waals surface area contributed by atoms with E-state index < -0.39 is 10.8 Å². The first-order valence-corrected chi connectivity index (χ1v) is 8.57. The second-order valence-electron chi connectivity index (χ2n) is 8.02. The molecule has 23 heavy (non-hydrogen) atoms. The zero-order valence-corrected chi connectivity index (χ0v) is 15.6. The standard InChI is InChI=1S/C19H30O4/c1-10(2)22-16(20)18(7)14-9-15(13(6)12(14)5)19(18,8)17(21)23-11(3)4/h10-11,14-15H,9H2,1-8H3/t14-,15-,18?,19?/m0/s1. The van der Waals surface area contributed by atoms with E-state index in [0.29, 0.717) is 0 Å². The Balaban J connectivity index is 2.53. The lowest BCUT2D eigenvalue weighted by atomic mass is 9.56. The average molecular weight is 322 g/mol. The molecule has 0 spiro atoms. The highest BCUT2D eigenvalue weighted by molar-refractivity contribution is 5.91. The number of hydrogen-bond donors (Lipinski definition) is 0. The van der Waals surface area contributed by atoms with Crippen molar-refractivity contribution in [2.75, 3.05) is 0 Å². The molecule has 0 aromatic carbocycles. The molecule has 0 amide bonds. The van der Waals surface area contributed by atoms with Gasteiger partial charge < -0.3 is 9.47 Å². The highest BCUT2D eigenvalue weighted by Gasteiger charge is 2.72. The maximum Gasteiger partial charge on any atom is 0.313 e. The van der Waals surface area contributed by atoms with E-state index in [0.717, 1.165) is 6.42 Å². The van der Waals surface area contributed by atoms with E-state index in [-0.39, 0.29) is 36.0 Å². The molecule has 130 valence electrons. The molecule has 1 saturated carbocycles. The molecule has 0 aliphatic heterocycles. The molecular weight excluding hydrogens is 292 g/mol. The lowest BCUT2D eigenvalue weighted by molar-refractivity contribution is -0.185. The van der Waals surface area contributed by atoms with Crippen LogP contribution in [-0.4, -0.2) is 24.1 Å². The van der Waals surface area contributed by atoms with Gasteiger partial charge in [-0.2, -0.15) is 0 Å². The van der Waals surface area contributed by atoms with Gasteiger partial charge in [-0.1, -0.05) is 11.1 Å². The molecular formula is C19H30O4. The minimum atomic E-state index is -0.877. The summed E-state index contributed by atoms with van der Waals surface area (Å²) in [6.45, 7) is 15.3. The van der Waals surface area contributed by atoms with Crippen LogP contribution in [0.3, 0.4) is 0 Å². The van der Waals surface area contributed by atoms with Crippen molar-refractivity contribution >= 4 is 11.9 Å². The van der Waals surface area contributed by atoms with Crippen LogP contribution in [0.2, 0.25) is 0 Å². The van der Waals surface area contributed by atoms with Crippen LogP contribution >= 0.6 is 0 Å². The summed E-state index contributed by atoms with van der Waals surface area (Å²) in [5, 5.41) is 0. The van der Waals surface area contributed by atoms with E-state index in [4.69, 9.17) is 9.47 Å². The third-order valence-corrected chi connectivity index (χ3v) is 6.15. The van der Waals surface area contributed by atoms with Gasteiger partial charge in [0.25, 0.3) is 0 Å². The van der Waals surface area contributed by atoms with Crippen molar-refractivity contribution in [2.45, 2.75) is 74.0 Å². The van der Waals surface area contributed by atoms with E-state index in [9.17, 15) is 9.59 Å². The summed E-state index contributed by atoms with van der Waals surface area (Å²) in [5.74, 6) is -0.475. The molecule has 4 nitrogen and oxygen atoms in total. The smallest absolute Gasteiger partial charge is 0.313 e. The first-order valence-electron chi connectivity index (χ1n) is 8.57. The second-order valence-corrected chi connectivity index (χ2v) is 8.02. The van der Waals surface area contributed by atoms with Gasteiger partial charge in [-0.25, -0.2) is 0 Å². The SMILES string of the molecule is CC1=C(C)[C@@H]2C[C@@H]1C(C)(C(=O)OC(C)C)C2(C)C(=O)OC(C)C. The molecule has 0 aromatic heterocycles. The summed E-state index contributed by atoms with van der Waals surface area (Å²) in [4.78, 5) is 25.9. The van der Waals surface area contributed by atoms with Crippen LogP contribution in [0.4, 0.5) is 0 Å². The number of carbonyl (C=O) groups excluding carboxylic acids is 2. The largest absolute Gasteiger partial charge is 0.463 e. The Morgan fingerprint density at radius 3 is 1.43 bits per heavy atom. The van der Waals surface area contributed by atoms with Crippen molar-refractivity contribution in [3.05, 3.63) is 11.1 Å². The predicted octanol–water partition coefficient (Wildman–Crippen LogP) is 3.89. The molecule has 2 aliphatic rings. The van der Waals surface area contributed by atoms with Gasteiger partial charge in [-0.15, -0.1) is 0 Å². The predicted molar refractivity (Wildman–Crippen MR) is 88.6 cm³/mol. The van der Waals surface area contributed by atoms with Gasteiger partial charge in [0.1, 0.15) is 0 Å². The van der Waals surface area contributed by atoms with Crippen LogP contribution in [0.15, 0.2) is 11.1 Å². The molecule has 0 radical (unpaired) electrons. The normalized spacial score (nSPS) is 36.1. The first-order chi connectivity index (χ1) is 10.5. The fourth-order valence-electron chi connectivity index (χ4n) is 4.58. The van der Waals surface area contributed by atoms with Crippen LogP contribution < -0.4 is 0 Å². The number of hydrogen-bond acceptors (Lipinski definition) is 4. The quantitative estimate of drug-likeness (QED) is 0.582. The Hall–Kier alpha value is -1.32. The van der Waals surface area contributed by atoms with Crippen molar-refractivity contribution in [1.29, 1.82) is 0 Å². The zero-order valence-electron chi connectivity index (χ0n) is 15.6. The number of esters is 2. The van der Waals surface area contributed by atoms with Crippen molar-refractivity contribution < 1.29 is 19.1 Å². The third-order valence-electron chi connectivity index (χ3n) is 6.15. The average Bonchev–Trinajstić information content (AvgIpc) is 2.84. The fourth-order valence-corrected chi connectivity index (χ4v) is 4.58. The molecule has 1 fully saturated rings. The topological polar surface area (TPSA) is 52.6 Å². The van der Waals surface area contributed by atoms with Crippen molar-refractivity contribution in [2.24, 2.45) is 22.7 Å². The summed E-state index contributed by atoms with van der Waals surface area (Å²) < 4.78 is 11.1. The van der Waals surface area contributed by atoms with Crippen LogP contribution in [-0.2, 0) is 19.1 Å². The Morgan fingerprint density at radius 2 is 1.17 bits per heavy atom. The van der Waals surface area contributed by atoms with Crippen LogP contribution in [0.25, 0.3) is 0 Å². The number of ether oxygens (including phenoxy) is 2. The highest BCUT2D eigenvalue weighted by Crippen LogP contribution is 2.68. The van der Waals surface area contributed by atoms with Crippen LogP contribution in [0.1, 0.15) is 61.8 Å². The third kappa shape index (κ3) is 2.33.